The van der Waals surface area contributed by atoms with Gasteiger partial charge in [-0.05, 0) is 25.7 Å². The monoisotopic (exact) mass is 313 g/mol. The first-order valence-electron chi connectivity index (χ1n) is 6.56. The Kier molecular flexibility index (Phi) is 4.58. The first-order chi connectivity index (χ1) is 8.73. The summed E-state index contributed by atoms with van der Waals surface area (Å²) in [5.41, 5.74) is -0.203. The molecule has 1 heterocycles. The van der Waals surface area contributed by atoms with Crippen LogP contribution in [0, 0.1) is 0 Å². The van der Waals surface area contributed by atoms with Crippen molar-refractivity contribution < 1.29 is 28.4 Å². The van der Waals surface area contributed by atoms with Crippen LogP contribution in [0.15, 0.2) is 0 Å². The lowest BCUT2D eigenvalue weighted by Gasteiger charge is -2.40. The molecule has 2 rings (SSSR count). The van der Waals surface area contributed by atoms with Crippen LogP contribution in [0.4, 0.5) is 0 Å². The summed E-state index contributed by atoms with van der Waals surface area (Å²) in [4.78, 5) is 27.2. The van der Waals surface area contributed by atoms with Crippen molar-refractivity contribution in [2.24, 2.45) is 0 Å². The van der Waals surface area contributed by atoms with E-state index in [1.807, 2.05) is 0 Å². The molecule has 0 aromatic heterocycles. The molecule has 1 aliphatic carbocycles. The number of hydrogen-bond donors (Lipinski definition) is 3. The molecule has 1 spiro atoms. The van der Waals surface area contributed by atoms with E-state index in [0.717, 1.165) is 44.9 Å². The van der Waals surface area contributed by atoms with Crippen LogP contribution in [0.3, 0.4) is 0 Å². The van der Waals surface area contributed by atoms with Gasteiger partial charge in [0.25, 0.3) is 0 Å². The molecule has 1 saturated heterocycles. The molecular weight excluding hydrogens is 292 g/mol. The van der Waals surface area contributed by atoms with Crippen LogP contribution in [-0.2, 0) is 13.8 Å². The highest BCUT2D eigenvalue weighted by molar-refractivity contribution is 7.69. The summed E-state index contributed by atoms with van der Waals surface area (Å²) in [5.74, 6) is -1.12. The number of nitrogens with zero attached hydrogens (tertiary/aromatic N) is 1. The average molecular weight is 313 g/mol. The predicted molar refractivity (Wildman–Crippen MR) is 69.6 cm³/mol. The molecule has 112 valence electrons. The van der Waals surface area contributed by atoms with Crippen molar-refractivity contribution in [3.8, 4) is 0 Å². The highest BCUT2D eigenvalue weighted by Crippen LogP contribution is 2.58. The Bertz CT molecular complexity index is 416. The molecule has 0 aromatic rings. The molecule has 7 nitrogen and oxygen atoms in total. The molecule has 0 bridgehead atoms. The van der Waals surface area contributed by atoms with E-state index in [-0.39, 0.29) is 5.54 Å². The quantitative estimate of drug-likeness (QED) is 0.682. The Balaban J connectivity index is 2.05. The molecule has 19 heavy (non-hydrogen) atoms. The van der Waals surface area contributed by atoms with Gasteiger partial charge in [0, 0.05) is 12.1 Å². The van der Waals surface area contributed by atoms with Gasteiger partial charge in [0.15, 0.2) is 5.90 Å². The van der Waals surface area contributed by atoms with E-state index >= 15 is 0 Å². The van der Waals surface area contributed by atoms with E-state index in [2.05, 4.69) is 0 Å². The molecule has 1 saturated carbocycles. The van der Waals surface area contributed by atoms with Gasteiger partial charge in [-0.2, -0.15) is 5.06 Å². The molecule has 0 aromatic carbocycles. The van der Waals surface area contributed by atoms with E-state index < -0.39 is 21.1 Å². The van der Waals surface area contributed by atoms with E-state index in [1.165, 1.54) is 5.06 Å². The van der Waals surface area contributed by atoms with Crippen LogP contribution in [0.1, 0.15) is 44.9 Å². The summed E-state index contributed by atoms with van der Waals surface area (Å²) in [7, 11) is -8.85. The molecule has 1 aliphatic heterocycles. The fourth-order valence-corrected chi connectivity index (χ4v) is 5.79. The van der Waals surface area contributed by atoms with Gasteiger partial charge in [0.1, 0.15) is 0 Å². The van der Waals surface area contributed by atoms with Crippen molar-refractivity contribution in [2.75, 3.05) is 12.4 Å². The second-order valence-electron chi connectivity index (χ2n) is 5.52. The number of hydroxylamine groups is 2. The molecule has 0 amide bonds. The van der Waals surface area contributed by atoms with Crippen LogP contribution < -0.4 is 0 Å². The van der Waals surface area contributed by atoms with E-state index in [4.69, 9.17) is 14.4 Å². The maximum Gasteiger partial charge on any atom is 0.356 e. The highest BCUT2D eigenvalue weighted by atomic mass is 31.2. The molecule has 9 heteroatoms. The van der Waals surface area contributed by atoms with Crippen LogP contribution in [0.25, 0.3) is 0 Å². The second kappa shape index (κ2) is 5.57. The molecular formula is C10H21NO6P2. The third-order valence-corrected chi connectivity index (χ3v) is 7.26. The van der Waals surface area contributed by atoms with Gasteiger partial charge in [-0.3, -0.25) is 9.13 Å². The van der Waals surface area contributed by atoms with Crippen LogP contribution >= 0.6 is 15.2 Å². The Labute approximate surface area is 112 Å². The van der Waals surface area contributed by atoms with E-state index in [9.17, 15) is 14.0 Å². The van der Waals surface area contributed by atoms with Gasteiger partial charge in [0.2, 0.25) is 0 Å². The lowest BCUT2D eigenvalue weighted by Crippen LogP contribution is -2.44. The van der Waals surface area contributed by atoms with Crippen molar-refractivity contribution in [3.63, 3.8) is 0 Å². The van der Waals surface area contributed by atoms with Crippen LogP contribution in [-0.4, -0.2) is 37.7 Å². The van der Waals surface area contributed by atoms with Gasteiger partial charge < -0.3 is 14.7 Å². The first-order valence-corrected chi connectivity index (χ1v) is 10.1. The van der Waals surface area contributed by atoms with Gasteiger partial charge in [-0.15, -0.1) is 0 Å². The highest BCUT2D eigenvalue weighted by Gasteiger charge is 2.46. The zero-order valence-electron chi connectivity index (χ0n) is 10.8. The fourth-order valence-electron chi connectivity index (χ4n) is 3.16. The Morgan fingerprint density at radius 2 is 1.58 bits per heavy atom. The molecule has 3 N–H and O–H groups in total. The zero-order chi connectivity index (χ0) is 14.1. The third kappa shape index (κ3) is 4.11. The first kappa shape index (κ1) is 15.6. The Morgan fingerprint density at radius 1 is 1.00 bits per heavy atom. The molecule has 1 unspecified atom stereocenters. The molecule has 2 aliphatic rings. The molecule has 1 atom stereocenters. The largest absolute Gasteiger partial charge is 0.356 e. The summed E-state index contributed by atoms with van der Waals surface area (Å²) in [6.45, 7) is 0.547. The minimum atomic E-state index is -4.56. The maximum absolute atomic E-state index is 11.8. The van der Waals surface area contributed by atoms with Crippen molar-refractivity contribution >= 4 is 15.2 Å². The topological polar surface area (TPSA) is 107 Å². The van der Waals surface area contributed by atoms with Gasteiger partial charge >= 0.3 is 15.2 Å². The van der Waals surface area contributed by atoms with Gasteiger partial charge in [-0.25, -0.2) is 4.62 Å². The standard InChI is InChI=1S/C10H21NO6P2/c12-18(13,14)9-19(15,16)17-11-8-4-7-10(11)5-2-1-3-6-10/h1-9H2,(H,15,16)(H2,12,13,14). The summed E-state index contributed by atoms with van der Waals surface area (Å²) in [5, 5.41) is 1.53. The fraction of sp³-hybridized carbons (Fsp3) is 1.00. The minimum Gasteiger partial charge on any atom is -0.324 e. The summed E-state index contributed by atoms with van der Waals surface area (Å²) in [6.07, 6.45) is 6.93. The number of hydrogen-bond acceptors (Lipinski definition) is 4. The third-order valence-electron chi connectivity index (χ3n) is 3.91. The molecule has 0 radical (unpaired) electrons. The van der Waals surface area contributed by atoms with E-state index in [1.54, 1.807) is 0 Å². The summed E-state index contributed by atoms with van der Waals surface area (Å²) in [6, 6.07) is 0. The normalized spacial score (nSPS) is 27.5. The Morgan fingerprint density at radius 3 is 2.16 bits per heavy atom. The SMILES string of the molecule is O=P(O)(O)CP(=O)(O)ON1CCCC12CCCCC2. The van der Waals surface area contributed by atoms with Crippen LogP contribution in [0.2, 0.25) is 0 Å². The lowest BCUT2D eigenvalue weighted by molar-refractivity contribution is -0.136. The average Bonchev–Trinajstić information content (AvgIpc) is 2.58. The smallest absolute Gasteiger partial charge is 0.324 e. The van der Waals surface area contributed by atoms with E-state index in [0.29, 0.717) is 6.54 Å². The van der Waals surface area contributed by atoms with Gasteiger partial charge in [0.05, 0.1) is 0 Å². The van der Waals surface area contributed by atoms with Crippen molar-refractivity contribution in [3.05, 3.63) is 0 Å². The van der Waals surface area contributed by atoms with Gasteiger partial charge in [-0.1, -0.05) is 19.3 Å². The Hall–Kier alpha value is 0.260. The van der Waals surface area contributed by atoms with Crippen molar-refractivity contribution in [1.29, 1.82) is 0 Å². The number of rotatable bonds is 4. The van der Waals surface area contributed by atoms with Crippen molar-refractivity contribution in [2.45, 2.75) is 50.5 Å². The minimum absolute atomic E-state index is 0.203. The lowest BCUT2D eigenvalue weighted by atomic mass is 9.80. The van der Waals surface area contributed by atoms with Crippen LogP contribution in [0.5, 0.6) is 0 Å². The maximum atomic E-state index is 11.8. The zero-order valence-corrected chi connectivity index (χ0v) is 12.6. The summed E-state index contributed by atoms with van der Waals surface area (Å²) >= 11 is 0. The van der Waals surface area contributed by atoms with Crippen molar-refractivity contribution in [1.82, 2.24) is 5.06 Å². The summed E-state index contributed by atoms with van der Waals surface area (Å²) < 4.78 is 27.8. The molecule has 2 fully saturated rings. The second-order valence-corrected chi connectivity index (χ2v) is 9.41. The predicted octanol–water partition coefficient (Wildman–Crippen LogP) is 2.04.